The van der Waals surface area contributed by atoms with Crippen LogP contribution < -0.4 is 10.1 Å². The first kappa shape index (κ1) is 17.1. The molecule has 1 atom stereocenters. The number of nitrogens with one attached hydrogen (secondary N) is 1. The van der Waals surface area contributed by atoms with Crippen LogP contribution in [0.1, 0.15) is 55.5 Å². The van der Waals surface area contributed by atoms with Crippen LogP contribution in [0.5, 0.6) is 5.75 Å². The number of aromatic nitrogens is 2. The summed E-state index contributed by atoms with van der Waals surface area (Å²) >= 11 is 0. The summed E-state index contributed by atoms with van der Waals surface area (Å²) in [5, 5.41) is 18.0. The first-order valence-corrected chi connectivity index (χ1v) is 9.27. The number of aliphatic hydroxyl groups is 1. The minimum atomic E-state index is -0.916. The van der Waals surface area contributed by atoms with Crippen molar-refractivity contribution in [1.82, 2.24) is 9.78 Å². The van der Waals surface area contributed by atoms with E-state index in [4.69, 9.17) is 4.74 Å². The molecule has 2 heterocycles. The third-order valence-corrected chi connectivity index (χ3v) is 5.56. The Hall–Kier alpha value is -2.34. The summed E-state index contributed by atoms with van der Waals surface area (Å²) in [4.78, 5) is 4.49. The van der Waals surface area contributed by atoms with Crippen LogP contribution in [-0.4, -0.2) is 27.8 Å². The van der Waals surface area contributed by atoms with E-state index in [2.05, 4.69) is 34.5 Å². The van der Waals surface area contributed by atoms with Gasteiger partial charge in [0.1, 0.15) is 11.6 Å². The van der Waals surface area contributed by atoms with Gasteiger partial charge in [-0.1, -0.05) is 19.4 Å². The van der Waals surface area contributed by atoms with Crippen LogP contribution in [0, 0.1) is 0 Å². The van der Waals surface area contributed by atoms with Gasteiger partial charge in [0.25, 0.3) is 0 Å². The number of hydrogen-bond acceptors (Lipinski definition) is 4. The van der Waals surface area contributed by atoms with Crippen molar-refractivity contribution in [2.75, 3.05) is 12.4 Å². The lowest BCUT2D eigenvalue weighted by Crippen LogP contribution is -2.12. The molecule has 6 heteroatoms. The van der Waals surface area contributed by atoms with Crippen molar-refractivity contribution in [1.29, 1.82) is 0 Å². The molecule has 1 aromatic heterocycles. The van der Waals surface area contributed by atoms with Crippen LogP contribution in [0.4, 0.5) is 5.69 Å². The molecule has 1 unspecified atom stereocenters. The predicted molar refractivity (Wildman–Crippen MR) is 102 cm³/mol. The second kappa shape index (κ2) is 6.43. The summed E-state index contributed by atoms with van der Waals surface area (Å²) in [7, 11) is 3.53. The highest BCUT2D eigenvalue weighted by molar-refractivity contribution is 6.05. The zero-order valence-electron chi connectivity index (χ0n) is 15.6. The molecule has 138 valence electrons. The van der Waals surface area contributed by atoms with Crippen LogP contribution in [0.2, 0.25) is 0 Å². The lowest BCUT2D eigenvalue weighted by Gasteiger charge is -2.20. The van der Waals surface area contributed by atoms with Gasteiger partial charge in [-0.3, -0.25) is 4.68 Å². The summed E-state index contributed by atoms with van der Waals surface area (Å²) in [6, 6.07) is 4.28. The van der Waals surface area contributed by atoms with Gasteiger partial charge in [0.2, 0.25) is 0 Å². The summed E-state index contributed by atoms with van der Waals surface area (Å²) in [6.45, 7) is 2.24. The minimum absolute atomic E-state index is 0.301. The third kappa shape index (κ3) is 2.88. The normalized spacial score (nSPS) is 19.9. The van der Waals surface area contributed by atoms with E-state index in [0.717, 1.165) is 22.8 Å². The number of nitrogens with zero attached hydrogens (tertiary/aromatic N) is 3. The van der Waals surface area contributed by atoms with Gasteiger partial charge in [0.05, 0.1) is 19.0 Å². The van der Waals surface area contributed by atoms with Crippen LogP contribution in [0.3, 0.4) is 0 Å². The first-order chi connectivity index (χ1) is 12.6. The Kier molecular flexibility index (Phi) is 4.23. The molecule has 0 spiro atoms. The SMILES string of the molecule is CCCC1(c2ccc(OC)c3c2NC(=NC(O)c2cnn(C)c2)C3)CC1. The number of fused-ring (bicyclic) bond motifs is 1. The zero-order valence-corrected chi connectivity index (χ0v) is 15.6. The van der Waals surface area contributed by atoms with Crippen molar-refractivity contribution < 1.29 is 9.84 Å². The van der Waals surface area contributed by atoms with E-state index in [1.54, 1.807) is 24.2 Å². The molecule has 4 rings (SSSR count). The van der Waals surface area contributed by atoms with Gasteiger partial charge in [-0.2, -0.15) is 5.10 Å². The van der Waals surface area contributed by atoms with Crippen molar-refractivity contribution in [3.63, 3.8) is 0 Å². The Balaban J connectivity index is 1.66. The van der Waals surface area contributed by atoms with E-state index in [9.17, 15) is 5.11 Å². The van der Waals surface area contributed by atoms with Crippen LogP contribution in [0.15, 0.2) is 29.5 Å². The molecular formula is C20H26N4O2. The standard InChI is InChI=1S/C20H26N4O2/c1-4-7-20(8-9-20)15-5-6-16(26-3)14-10-17(22-18(14)15)23-19(25)13-11-21-24(2)12-13/h5-6,11-12,19,25H,4,7-10H2,1-3H3,(H,22,23). The lowest BCUT2D eigenvalue weighted by molar-refractivity contribution is 0.188. The van der Waals surface area contributed by atoms with Crippen molar-refractivity contribution >= 4 is 11.5 Å². The fourth-order valence-electron chi connectivity index (χ4n) is 4.09. The highest BCUT2D eigenvalue weighted by Gasteiger charge is 2.46. The van der Waals surface area contributed by atoms with Crippen LogP contribution in [-0.2, 0) is 18.9 Å². The molecule has 0 bridgehead atoms. The number of aliphatic hydroxyl groups excluding tert-OH is 1. The predicted octanol–water partition coefficient (Wildman–Crippen LogP) is 3.32. The third-order valence-electron chi connectivity index (χ3n) is 5.56. The van der Waals surface area contributed by atoms with Crippen LogP contribution in [0.25, 0.3) is 0 Å². The highest BCUT2D eigenvalue weighted by Crippen LogP contribution is 2.56. The number of aryl methyl sites for hydroxylation is 1. The van der Waals surface area contributed by atoms with Gasteiger partial charge in [-0.05, 0) is 36.3 Å². The maximum absolute atomic E-state index is 10.4. The van der Waals surface area contributed by atoms with Gasteiger partial charge in [-0.25, -0.2) is 4.99 Å². The van der Waals surface area contributed by atoms with E-state index < -0.39 is 6.23 Å². The number of anilines is 1. The molecule has 2 N–H and O–H groups in total. The number of aliphatic imine (C=N–C) groups is 1. The molecule has 1 fully saturated rings. The fourth-order valence-corrected chi connectivity index (χ4v) is 4.09. The quantitative estimate of drug-likeness (QED) is 0.835. The van der Waals surface area contributed by atoms with Crippen molar-refractivity contribution in [3.05, 3.63) is 41.2 Å². The molecule has 1 aromatic carbocycles. The fraction of sp³-hybridized carbons (Fsp3) is 0.500. The van der Waals surface area contributed by atoms with E-state index in [1.807, 2.05) is 7.05 Å². The van der Waals surface area contributed by atoms with Crippen molar-refractivity contribution in [3.8, 4) is 5.75 Å². The molecule has 1 aliphatic carbocycles. The number of benzene rings is 1. The molecule has 0 amide bonds. The summed E-state index contributed by atoms with van der Waals surface area (Å²) in [5.41, 5.74) is 4.64. The van der Waals surface area contributed by atoms with Crippen molar-refractivity contribution in [2.24, 2.45) is 12.0 Å². The average molecular weight is 354 g/mol. The molecule has 0 saturated heterocycles. The van der Waals surface area contributed by atoms with Gasteiger partial charge < -0.3 is 15.2 Å². The number of methoxy groups -OCH3 is 1. The van der Waals surface area contributed by atoms with E-state index in [0.29, 0.717) is 17.4 Å². The monoisotopic (exact) mass is 354 g/mol. The van der Waals surface area contributed by atoms with Gasteiger partial charge >= 0.3 is 0 Å². The highest BCUT2D eigenvalue weighted by atomic mass is 16.5. The average Bonchev–Trinajstić information content (AvgIpc) is 3.07. The maximum Gasteiger partial charge on any atom is 0.176 e. The van der Waals surface area contributed by atoms with E-state index in [1.165, 1.54) is 31.2 Å². The summed E-state index contributed by atoms with van der Waals surface area (Å²) < 4.78 is 7.24. The smallest absolute Gasteiger partial charge is 0.176 e. The van der Waals surface area contributed by atoms with Crippen LogP contribution >= 0.6 is 0 Å². The van der Waals surface area contributed by atoms with Gasteiger partial charge in [0.15, 0.2) is 6.23 Å². The van der Waals surface area contributed by atoms with E-state index in [-0.39, 0.29) is 0 Å². The molecule has 1 aliphatic heterocycles. The second-order valence-corrected chi connectivity index (χ2v) is 7.40. The van der Waals surface area contributed by atoms with Gasteiger partial charge in [0, 0.05) is 30.8 Å². The molecule has 1 saturated carbocycles. The molecule has 2 aliphatic rings. The van der Waals surface area contributed by atoms with Crippen molar-refractivity contribution in [2.45, 2.75) is 50.7 Å². The number of amidine groups is 1. The molecule has 0 radical (unpaired) electrons. The summed E-state index contributed by atoms with van der Waals surface area (Å²) in [6.07, 6.45) is 8.02. The molecular weight excluding hydrogens is 328 g/mol. The molecule has 6 nitrogen and oxygen atoms in total. The second-order valence-electron chi connectivity index (χ2n) is 7.40. The Bertz CT molecular complexity index is 851. The Labute approximate surface area is 153 Å². The lowest BCUT2D eigenvalue weighted by atomic mass is 9.88. The number of ether oxygens (including phenoxy) is 1. The maximum atomic E-state index is 10.4. The van der Waals surface area contributed by atoms with Gasteiger partial charge in [-0.15, -0.1) is 0 Å². The molecule has 26 heavy (non-hydrogen) atoms. The first-order valence-electron chi connectivity index (χ1n) is 9.27. The largest absolute Gasteiger partial charge is 0.496 e. The Morgan fingerprint density at radius 3 is 2.85 bits per heavy atom. The Morgan fingerprint density at radius 1 is 1.42 bits per heavy atom. The topological polar surface area (TPSA) is 71.7 Å². The van der Waals surface area contributed by atoms with E-state index >= 15 is 0 Å². The zero-order chi connectivity index (χ0) is 18.3. The minimum Gasteiger partial charge on any atom is -0.496 e. The summed E-state index contributed by atoms with van der Waals surface area (Å²) in [5.74, 6) is 1.65. The number of hydrogen-bond donors (Lipinski definition) is 2. The number of rotatable bonds is 6. The Morgan fingerprint density at radius 2 is 2.23 bits per heavy atom. The molecule has 2 aromatic rings.